The summed E-state index contributed by atoms with van der Waals surface area (Å²) in [5.41, 5.74) is 0.117. The van der Waals surface area contributed by atoms with Crippen LogP contribution in [0.3, 0.4) is 0 Å². The van der Waals surface area contributed by atoms with Gasteiger partial charge in [0.2, 0.25) is 10.0 Å². The minimum Gasteiger partial charge on any atom is -0.385 e. The molecule has 10 heteroatoms. The van der Waals surface area contributed by atoms with Crippen molar-refractivity contribution in [2.45, 2.75) is 17.9 Å². The van der Waals surface area contributed by atoms with Crippen molar-refractivity contribution in [1.29, 1.82) is 0 Å². The van der Waals surface area contributed by atoms with E-state index in [2.05, 4.69) is 14.7 Å². The Labute approximate surface area is 126 Å². The highest BCUT2D eigenvalue weighted by Crippen LogP contribution is 2.24. The molecule has 0 saturated carbocycles. The van der Waals surface area contributed by atoms with Crippen molar-refractivity contribution < 1.29 is 18.4 Å². The number of aliphatic hydroxyl groups is 1. The van der Waals surface area contributed by atoms with E-state index in [1.54, 1.807) is 0 Å². The Hall–Kier alpha value is -2.30. The van der Waals surface area contributed by atoms with Crippen molar-refractivity contribution in [3.63, 3.8) is 0 Å². The van der Waals surface area contributed by atoms with Gasteiger partial charge >= 0.3 is 0 Å². The Bertz CT molecular complexity index is 773. The van der Waals surface area contributed by atoms with E-state index in [0.717, 1.165) is 0 Å². The van der Waals surface area contributed by atoms with Crippen LogP contribution in [0.4, 0.5) is 5.69 Å². The topological polar surface area (TPSA) is 138 Å². The van der Waals surface area contributed by atoms with Crippen LogP contribution in [-0.4, -0.2) is 35.0 Å². The number of nitro benzene ring substituents is 1. The van der Waals surface area contributed by atoms with Crippen LogP contribution in [0.5, 0.6) is 0 Å². The highest BCUT2D eigenvalue weighted by Gasteiger charge is 2.23. The van der Waals surface area contributed by atoms with E-state index in [1.807, 2.05) is 0 Å². The summed E-state index contributed by atoms with van der Waals surface area (Å²) in [5, 5.41) is 20.7. The number of hydrogen-bond acceptors (Lipinski definition) is 6. The van der Waals surface area contributed by atoms with Gasteiger partial charge in [0.25, 0.3) is 5.69 Å². The van der Waals surface area contributed by atoms with Crippen molar-refractivity contribution in [2.24, 2.45) is 0 Å². The Morgan fingerprint density at radius 2 is 2.23 bits per heavy atom. The average Bonchev–Trinajstić information content (AvgIpc) is 2.98. The fraction of sp³-hybridized carbons (Fsp3) is 0.250. The second kappa shape index (κ2) is 6.22. The van der Waals surface area contributed by atoms with E-state index in [4.69, 9.17) is 0 Å². The maximum atomic E-state index is 12.2. The van der Waals surface area contributed by atoms with Crippen LogP contribution in [-0.2, 0) is 10.0 Å². The summed E-state index contributed by atoms with van der Waals surface area (Å²) in [5.74, 6) is 0. The normalized spacial score (nSPS) is 13.0. The third kappa shape index (κ3) is 3.30. The Balaban J connectivity index is 2.21. The van der Waals surface area contributed by atoms with Crippen LogP contribution < -0.4 is 4.72 Å². The molecule has 0 aliphatic rings. The van der Waals surface area contributed by atoms with Gasteiger partial charge in [-0.25, -0.2) is 18.1 Å². The molecule has 0 fully saturated rings. The summed E-state index contributed by atoms with van der Waals surface area (Å²) in [6.45, 7) is 1.07. The fourth-order valence-corrected chi connectivity index (χ4v) is 3.22. The molecule has 0 bridgehead atoms. The maximum absolute atomic E-state index is 12.2. The third-order valence-corrected chi connectivity index (χ3v) is 4.65. The van der Waals surface area contributed by atoms with Crippen LogP contribution in [0, 0.1) is 17.0 Å². The molecule has 1 atom stereocenters. The average molecular weight is 326 g/mol. The van der Waals surface area contributed by atoms with E-state index in [-0.39, 0.29) is 22.7 Å². The summed E-state index contributed by atoms with van der Waals surface area (Å²) in [6.07, 6.45) is 1.63. The summed E-state index contributed by atoms with van der Waals surface area (Å²) in [4.78, 5) is 16.4. The second-order valence-electron chi connectivity index (χ2n) is 4.53. The zero-order chi connectivity index (χ0) is 16.3. The molecule has 0 amide bonds. The minimum absolute atomic E-state index is 0.0380. The van der Waals surface area contributed by atoms with Gasteiger partial charge in [-0.1, -0.05) is 6.07 Å². The SMILES string of the molecule is Cc1c([N+](=O)[O-])cccc1S(=O)(=O)NCC(O)c1cnc[nH]1. The third-order valence-electron chi connectivity index (χ3n) is 3.09. The summed E-state index contributed by atoms with van der Waals surface area (Å²) in [7, 11) is -3.98. The lowest BCUT2D eigenvalue weighted by Crippen LogP contribution is -2.29. The molecule has 0 spiro atoms. The van der Waals surface area contributed by atoms with Crippen LogP contribution in [0.2, 0.25) is 0 Å². The molecule has 0 saturated heterocycles. The van der Waals surface area contributed by atoms with Gasteiger partial charge in [0, 0.05) is 18.2 Å². The number of imidazole rings is 1. The first-order valence-electron chi connectivity index (χ1n) is 6.23. The van der Waals surface area contributed by atoms with Gasteiger partial charge in [-0.05, 0) is 13.0 Å². The molecule has 1 heterocycles. The number of benzene rings is 1. The van der Waals surface area contributed by atoms with Crippen molar-refractivity contribution in [1.82, 2.24) is 14.7 Å². The molecule has 9 nitrogen and oxygen atoms in total. The van der Waals surface area contributed by atoms with Crippen molar-refractivity contribution in [3.05, 3.63) is 52.1 Å². The molecule has 2 rings (SSSR count). The quantitative estimate of drug-likeness (QED) is 0.526. The van der Waals surface area contributed by atoms with E-state index in [1.165, 1.54) is 37.6 Å². The Morgan fingerprint density at radius 3 is 2.82 bits per heavy atom. The van der Waals surface area contributed by atoms with Gasteiger partial charge in [0.15, 0.2) is 0 Å². The largest absolute Gasteiger partial charge is 0.385 e. The molecule has 118 valence electrons. The van der Waals surface area contributed by atoms with Gasteiger partial charge in [-0.3, -0.25) is 10.1 Å². The van der Waals surface area contributed by atoms with Crippen LogP contribution in [0.25, 0.3) is 0 Å². The summed E-state index contributed by atoms with van der Waals surface area (Å²) >= 11 is 0. The molecule has 1 aromatic heterocycles. The first-order valence-corrected chi connectivity index (χ1v) is 7.71. The highest BCUT2D eigenvalue weighted by molar-refractivity contribution is 7.89. The first-order chi connectivity index (χ1) is 10.3. The number of aliphatic hydroxyl groups excluding tert-OH is 1. The lowest BCUT2D eigenvalue weighted by Gasteiger charge is -2.12. The molecule has 3 N–H and O–H groups in total. The number of nitrogens with zero attached hydrogens (tertiary/aromatic N) is 2. The number of nitro groups is 1. The zero-order valence-corrected chi connectivity index (χ0v) is 12.4. The summed E-state index contributed by atoms with van der Waals surface area (Å²) in [6, 6.07) is 3.80. The molecule has 0 aliphatic carbocycles. The molecule has 1 aromatic carbocycles. The van der Waals surface area contributed by atoms with Crippen LogP contribution >= 0.6 is 0 Å². The van der Waals surface area contributed by atoms with Crippen molar-refractivity contribution in [2.75, 3.05) is 6.54 Å². The summed E-state index contributed by atoms with van der Waals surface area (Å²) < 4.78 is 26.7. The highest BCUT2D eigenvalue weighted by atomic mass is 32.2. The molecule has 0 aliphatic heterocycles. The molecule has 22 heavy (non-hydrogen) atoms. The first kappa shape index (κ1) is 16.1. The van der Waals surface area contributed by atoms with Gasteiger partial charge in [0.1, 0.15) is 6.10 Å². The van der Waals surface area contributed by atoms with Gasteiger partial charge < -0.3 is 10.1 Å². The molecular formula is C12H14N4O5S. The maximum Gasteiger partial charge on any atom is 0.273 e. The van der Waals surface area contributed by atoms with E-state index < -0.39 is 21.1 Å². The lowest BCUT2D eigenvalue weighted by molar-refractivity contribution is -0.385. The molecule has 1 unspecified atom stereocenters. The van der Waals surface area contributed by atoms with Crippen molar-refractivity contribution >= 4 is 15.7 Å². The predicted octanol–water partition coefficient (Wildman–Crippen LogP) is 0.638. The van der Waals surface area contributed by atoms with E-state index in [9.17, 15) is 23.6 Å². The standard InChI is InChI=1S/C12H14N4O5S/c1-8-10(16(18)19)3-2-4-12(8)22(20,21)15-6-11(17)9-5-13-7-14-9/h2-5,7,11,15,17H,6H2,1H3,(H,13,14). The fourth-order valence-electron chi connectivity index (χ4n) is 1.92. The zero-order valence-electron chi connectivity index (χ0n) is 11.6. The number of nitrogens with one attached hydrogen (secondary N) is 2. The molecule has 0 radical (unpaired) electrons. The minimum atomic E-state index is -3.98. The monoisotopic (exact) mass is 326 g/mol. The van der Waals surface area contributed by atoms with Gasteiger partial charge in [-0.2, -0.15) is 0 Å². The second-order valence-corrected chi connectivity index (χ2v) is 6.27. The number of hydrogen-bond donors (Lipinski definition) is 3. The Kier molecular flexibility index (Phi) is 4.54. The predicted molar refractivity (Wildman–Crippen MR) is 76.6 cm³/mol. The number of sulfonamides is 1. The van der Waals surface area contributed by atoms with E-state index >= 15 is 0 Å². The number of aromatic nitrogens is 2. The number of aromatic amines is 1. The van der Waals surface area contributed by atoms with E-state index in [0.29, 0.717) is 5.69 Å². The van der Waals surface area contributed by atoms with Gasteiger partial charge in [0.05, 0.1) is 28.0 Å². The molecule has 2 aromatic rings. The smallest absolute Gasteiger partial charge is 0.273 e. The van der Waals surface area contributed by atoms with Crippen LogP contribution in [0.1, 0.15) is 17.4 Å². The molecular weight excluding hydrogens is 312 g/mol. The number of H-pyrrole nitrogens is 1. The van der Waals surface area contributed by atoms with Crippen LogP contribution in [0.15, 0.2) is 35.6 Å². The lowest BCUT2D eigenvalue weighted by atomic mass is 10.2. The van der Waals surface area contributed by atoms with Crippen molar-refractivity contribution in [3.8, 4) is 0 Å². The number of rotatable bonds is 6. The Morgan fingerprint density at radius 1 is 1.50 bits per heavy atom. The van der Waals surface area contributed by atoms with Gasteiger partial charge in [-0.15, -0.1) is 0 Å².